The topological polar surface area (TPSA) is 182 Å². The van der Waals surface area contributed by atoms with Crippen molar-refractivity contribution in [1.29, 1.82) is 0 Å². The SMILES string of the molecule is CN(C(=O)N1CCC(Oc2cccc(N3[C@@H]4COC[C@H]3CN(c3cc(-c5cccc(F)c5O)nnc3N)C4)c2)CC1)C1CCN(c2cccc3c2OCCN3[C@H]2CCC(=O)NC2=O)CC1. The highest BCUT2D eigenvalue weighted by atomic mass is 19.1. The number of halogens is 1. The van der Waals surface area contributed by atoms with E-state index in [9.17, 15) is 23.9 Å². The van der Waals surface area contributed by atoms with Gasteiger partial charge in [0.1, 0.15) is 24.5 Å². The van der Waals surface area contributed by atoms with Gasteiger partial charge in [-0.15, -0.1) is 10.2 Å². The van der Waals surface area contributed by atoms with E-state index in [-0.39, 0.29) is 53.5 Å². The highest BCUT2D eigenvalue weighted by Crippen LogP contribution is 2.43. The number of urea groups is 1. The van der Waals surface area contributed by atoms with Crippen molar-refractivity contribution in [2.45, 2.75) is 68.8 Å². The van der Waals surface area contributed by atoms with Crippen molar-refractivity contribution in [2.24, 2.45) is 0 Å². The molecule has 342 valence electrons. The van der Waals surface area contributed by atoms with E-state index in [1.165, 1.54) is 12.1 Å². The largest absolute Gasteiger partial charge is 0.504 e. The van der Waals surface area contributed by atoms with Crippen LogP contribution in [0.25, 0.3) is 11.3 Å². The summed E-state index contributed by atoms with van der Waals surface area (Å²) in [5.74, 6) is 0.124. The zero-order chi connectivity index (χ0) is 44.8. The fourth-order valence-electron chi connectivity index (χ4n) is 10.5. The first-order valence-corrected chi connectivity index (χ1v) is 22.7. The third-order valence-electron chi connectivity index (χ3n) is 13.9. The van der Waals surface area contributed by atoms with Gasteiger partial charge >= 0.3 is 6.03 Å². The quantitative estimate of drug-likeness (QED) is 0.214. The predicted octanol–water partition coefficient (Wildman–Crippen LogP) is 4.23. The van der Waals surface area contributed by atoms with Crippen molar-refractivity contribution in [3.8, 4) is 28.5 Å². The number of piperazine rings is 1. The van der Waals surface area contributed by atoms with E-state index in [2.05, 4.69) is 53.3 Å². The highest BCUT2D eigenvalue weighted by molar-refractivity contribution is 6.02. The molecule has 0 saturated carbocycles. The number of aromatic nitrogens is 2. The number of phenols is 1. The molecule has 4 N–H and O–H groups in total. The number of hydrogen-bond acceptors (Lipinski definition) is 14. The van der Waals surface area contributed by atoms with Crippen LogP contribution in [0.2, 0.25) is 0 Å². The molecule has 18 heteroatoms. The van der Waals surface area contributed by atoms with Gasteiger partial charge in [-0.3, -0.25) is 14.9 Å². The number of nitrogens with zero attached hydrogens (tertiary/aromatic N) is 8. The number of hydrogen-bond donors (Lipinski definition) is 3. The summed E-state index contributed by atoms with van der Waals surface area (Å²) in [5.41, 5.74) is 10.5. The third kappa shape index (κ3) is 8.35. The van der Waals surface area contributed by atoms with Crippen LogP contribution in [0.1, 0.15) is 38.5 Å². The molecule has 6 aliphatic rings. The van der Waals surface area contributed by atoms with Crippen LogP contribution < -0.4 is 40.1 Å². The van der Waals surface area contributed by atoms with E-state index in [1.54, 1.807) is 12.1 Å². The zero-order valence-electron chi connectivity index (χ0n) is 36.5. The minimum Gasteiger partial charge on any atom is -0.504 e. The molecule has 2 bridgehead atoms. The lowest BCUT2D eigenvalue weighted by molar-refractivity contribution is -0.134. The molecule has 3 aromatic carbocycles. The van der Waals surface area contributed by atoms with Crippen LogP contribution in [0.3, 0.4) is 0 Å². The maximum absolute atomic E-state index is 14.2. The van der Waals surface area contributed by atoms with Gasteiger partial charge in [-0.25, -0.2) is 9.18 Å². The molecular weight excluding hydrogens is 836 g/mol. The Hall–Kier alpha value is -6.56. The second-order valence-corrected chi connectivity index (χ2v) is 17.8. The van der Waals surface area contributed by atoms with Crippen LogP contribution in [-0.2, 0) is 14.3 Å². The number of ether oxygens (including phenoxy) is 3. The number of piperidine rings is 3. The molecule has 3 atom stereocenters. The van der Waals surface area contributed by atoms with Crippen molar-refractivity contribution >= 4 is 46.4 Å². The first-order valence-electron chi connectivity index (χ1n) is 22.7. The van der Waals surface area contributed by atoms with Crippen LogP contribution in [0.4, 0.5) is 37.8 Å². The number of fused-ring (bicyclic) bond motifs is 3. The lowest BCUT2D eigenvalue weighted by atomic mass is 10.0. The molecule has 10 rings (SSSR count). The first kappa shape index (κ1) is 42.4. The van der Waals surface area contributed by atoms with Crippen molar-refractivity contribution in [1.82, 2.24) is 25.3 Å². The van der Waals surface area contributed by atoms with Gasteiger partial charge in [-0.2, -0.15) is 0 Å². The molecule has 0 aliphatic carbocycles. The molecule has 65 heavy (non-hydrogen) atoms. The number of amides is 4. The minimum absolute atomic E-state index is 0.00491. The second kappa shape index (κ2) is 17.8. The van der Waals surface area contributed by atoms with Gasteiger partial charge in [0, 0.05) is 88.9 Å². The van der Waals surface area contributed by atoms with Crippen LogP contribution in [0, 0.1) is 5.82 Å². The van der Waals surface area contributed by atoms with Crippen LogP contribution in [-0.4, -0.2) is 146 Å². The van der Waals surface area contributed by atoms with Gasteiger partial charge in [0.05, 0.1) is 54.6 Å². The summed E-state index contributed by atoms with van der Waals surface area (Å²) in [7, 11) is 1.92. The third-order valence-corrected chi connectivity index (χ3v) is 13.9. The Bertz CT molecular complexity index is 2430. The second-order valence-electron chi connectivity index (χ2n) is 17.8. The number of carbonyl (C=O) groups excluding carboxylic acids is 3. The van der Waals surface area contributed by atoms with Crippen molar-refractivity contribution in [2.75, 3.05) is 98.0 Å². The molecule has 0 radical (unpaired) electrons. The average molecular weight is 891 g/mol. The summed E-state index contributed by atoms with van der Waals surface area (Å²) < 4.78 is 33.0. The highest BCUT2D eigenvalue weighted by Gasteiger charge is 2.40. The van der Waals surface area contributed by atoms with Crippen molar-refractivity contribution in [3.63, 3.8) is 0 Å². The number of phenolic OH excluding ortho intramolecular Hbond substituents is 1. The van der Waals surface area contributed by atoms with Crippen molar-refractivity contribution < 1.29 is 38.1 Å². The smallest absolute Gasteiger partial charge is 0.319 e. The lowest BCUT2D eigenvalue weighted by Crippen LogP contribution is -2.65. The molecule has 1 aromatic heterocycles. The van der Waals surface area contributed by atoms with E-state index in [1.807, 2.05) is 41.1 Å². The van der Waals surface area contributed by atoms with E-state index in [0.717, 1.165) is 67.3 Å². The van der Waals surface area contributed by atoms with Crippen LogP contribution in [0.5, 0.6) is 17.2 Å². The van der Waals surface area contributed by atoms with Gasteiger partial charge in [-0.05, 0) is 61.7 Å². The van der Waals surface area contributed by atoms with Gasteiger partial charge in [0.25, 0.3) is 0 Å². The summed E-state index contributed by atoms with van der Waals surface area (Å²) in [4.78, 5) is 51.2. The molecular formula is C47H55FN10O7. The fourth-order valence-corrected chi connectivity index (χ4v) is 10.5. The van der Waals surface area contributed by atoms with Crippen molar-refractivity contribution in [3.05, 3.63) is 72.5 Å². The number of carbonyl (C=O) groups is 3. The minimum atomic E-state index is -0.731. The standard InChI is InChI=1S/C47H55FN10O7/c1-53(29-13-17-54(18-14-29)38-9-4-10-39-44(38)64-22-21-57(39)40-11-12-42(59)50-46(40)61)47(62)55-19-15-33(16-20-55)65-34-6-2-5-30(23-34)58-31-25-56(26-32(58)28-63-27-31)41-24-37(51-52-45(41)49)35-7-3-8-36(48)43(35)60/h2-10,23-24,29,31-33,40,60H,11-22,25-28H2,1H3,(H2,49,52)(H,50,59,61)/t31-,32+,40-/m0/s1. The fraction of sp³-hybridized carbons (Fsp3) is 0.468. The van der Waals surface area contributed by atoms with E-state index in [4.69, 9.17) is 19.9 Å². The van der Waals surface area contributed by atoms with Gasteiger partial charge in [-0.1, -0.05) is 18.2 Å². The molecule has 5 saturated heterocycles. The maximum atomic E-state index is 14.2. The number of benzene rings is 3. The number of likely N-dealkylation sites (tertiary alicyclic amines) is 1. The lowest BCUT2D eigenvalue weighted by Gasteiger charge is -2.51. The van der Waals surface area contributed by atoms with Gasteiger partial charge in [0.15, 0.2) is 23.1 Å². The predicted molar refractivity (Wildman–Crippen MR) is 242 cm³/mol. The van der Waals surface area contributed by atoms with Gasteiger partial charge < -0.3 is 54.5 Å². The number of aromatic hydroxyl groups is 1. The molecule has 5 fully saturated rings. The Kier molecular flexibility index (Phi) is 11.6. The Labute approximate surface area is 376 Å². The monoisotopic (exact) mass is 890 g/mol. The number of nitrogens with two attached hydrogens (primary N) is 1. The molecule has 7 heterocycles. The van der Waals surface area contributed by atoms with E-state index >= 15 is 0 Å². The number of para-hydroxylation sites is 2. The number of anilines is 5. The van der Waals surface area contributed by atoms with Crippen LogP contribution in [0.15, 0.2) is 66.7 Å². The Morgan fingerprint density at radius 1 is 0.877 bits per heavy atom. The summed E-state index contributed by atoms with van der Waals surface area (Å²) in [6.07, 6.45) is 3.88. The summed E-state index contributed by atoms with van der Waals surface area (Å²) in [6.45, 7) is 6.02. The molecule has 17 nitrogen and oxygen atoms in total. The molecule has 4 amide bonds. The molecule has 4 aromatic rings. The Balaban J connectivity index is 0.724. The number of rotatable bonds is 8. The average Bonchev–Trinajstić information content (AvgIpc) is 3.32. The van der Waals surface area contributed by atoms with Crippen LogP contribution >= 0.6 is 0 Å². The summed E-state index contributed by atoms with van der Waals surface area (Å²) >= 11 is 0. The molecule has 6 aliphatic heterocycles. The Morgan fingerprint density at radius 2 is 1.62 bits per heavy atom. The summed E-state index contributed by atoms with van der Waals surface area (Å²) in [5, 5.41) is 21.2. The number of nitrogen functional groups attached to an aromatic ring is 1. The normalized spacial score (nSPS) is 22.9. The van der Waals surface area contributed by atoms with E-state index < -0.39 is 17.6 Å². The molecule has 0 unspecified atom stereocenters. The first-order chi connectivity index (χ1) is 31.6. The zero-order valence-corrected chi connectivity index (χ0v) is 36.5. The maximum Gasteiger partial charge on any atom is 0.319 e. The Morgan fingerprint density at radius 3 is 2.38 bits per heavy atom. The summed E-state index contributed by atoms with van der Waals surface area (Å²) in [6, 6.07) is 20.1. The number of nitrogens with one attached hydrogen (secondary N) is 1. The van der Waals surface area contributed by atoms with Gasteiger partial charge in [0.2, 0.25) is 11.8 Å². The number of morpholine rings is 1. The molecule has 0 spiro atoms. The number of imide groups is 1. The van der Waals surface area contributed by atoms with E-state index in [0.29, 0.717) is 76.8 Å².